The van der Waals surface area contributed by atoms with Gasteiger partial charge in [-0.05, 0) is 38.8 Å². The summed E-state index contributed by atoms with van der Waals surface area (Å²) in [5, 5.41) is 4.04. The number of para-hydroxylation sites is 1. The molecular formula is C17H25N3O2. The number of rotatable bonds is 4. The second-order valence-electron chi connectivity index (χ2n) is 6.57. The van der Waals surface area contributed by atoms with Gasteiger partial charge in [-0.2, -0.15) is 0 Å². The highest BCUT2D eigenvalue weighted by Crippen LogP contribution is 2.21. The Balaban J connectivity index is 2.11. The minimum atomic E-state index is -0.511. The summed E-state index contributed by atoms with van der Waals surface area (Å²) in [6.07, 6.45) is 2.34. The quantitative estimate of drug-likeness (QED) is 0.912. The first-order chi connectivity index (χ1) is 10.3. The first-order valence-electron chi connectivity index (χ1n) is 7.52. The first-order valence-corrected chi connectivity index (χ1v) is 7.52. The number of hydrogen-bond acceptors (Lipinski definition) is 3. The van der Waals surface area contributed by atoms with Crippen LogP contribution < -0.4 is 11.1 Å². The van der Waals surface area contributed by atoms with E-state index in [4.69, 9.17) is 10.5 Å². The summed E-state index contributed by atoms with van der Waals surface area (Å²) in [4.78, 5) is 11.9. The smallest absolute Gasteiger partial charge is 0.407 e. The van der Waals surface area contributed by atoms with Gasteiger partial charge < -0.3 is 20.4 Å². The van der Waals surface area contributed by atoms with Gasteiger partial charge in [0.2, 0.25) is 0 Å². The van der Waals surface area contributed by atoms with Crippen molar-refractivity contribution < 1.29 is 9.53 Å². The minimum Gasteiger partial charge on any atom is -0.444 e. The molecule has 2 rings (SSSR count). The molecule has 0 saturated heterocycles. The van der Waals surface area contributed by atoms with Crippen molar-refractivity contribution in [2.45, 2.75) is 38.8 Å². The van der Waals surface area contributed by atoms with Crippen LogP contribution in [-0.4, -0.2) is 28.8 Å². The Morgan fingerprint density at radius 2 is 2.05 bits per heavy atom. The number of nitrogens with two attached hydrogens (primary N) is 1. The Morgan fingerprint density at radius 3 is 2.68 bits per heavy atom. The van der Waals surface area contributed by atoms with Crippen LogP contribution in [-0.2, 0) is 18.2 Å². The highest BCUT2D eigenvalue weighted by Gasteiger charge is 2.20. The average Bonchev–Trinajstić information content (AvgIpc) is 2.73. The Labute approximate surface area is 131 Å². The van der Waals surface area contributed by atoms with Crippen molar-refractivity contribution in [3.8, 4) is 0 Å². The van der Waals surface area contributed by atoms with E-state index >= 15 is 0 Å². The van der Waals surface area contributed by atoms with Crippen LogP contribution in [0.1, 0.15) is 26.3 Å². The van der Waals surface area contributed by atoms with Crippen LogP contribution in [0.3, 0.4) is 0 Å². The van der Waals surface area contributed by atoms with Gasteiger partial charge >= 0.3 is 6.09 Å². The molecule has 1 amide bonds. The van der Waals surface area contributed by atoms with Crippen molar-refractivity contribution in [1.29, 1.82) is 0 Å². The number of carbonyl (C=O) groups excluding carboxylic acids is 1. The summed E-state index contributed by atoms with van der Waals surface area (Å²) in [5.74, 6) is 0. The molecule has 1 heterocycles. The molecule has 1 aromatic carbocycles. The molecule has 0 spiro atoms. The molecule has 2 aromatic rings. The topological polar surface area (TPSA) is 69.3 Å². The van der Waals surface area contributed by atoms with Crippen molar-refractivity contribution in [3.05, 3.63) is 36.0 Å². The van der Waals surface area contributed by atoms with Gasteiger partial charge in [0.15, 0.2) is 0 Å². The highest BCUT2D eigenvalue weighted by atomic mass is 16.6. The number of ether oxygens (including phenoxy) is 1. The largest absolute Gasteiger partial charge is 0.444 e. The lowest BCUT2D eigenvalue weighted by atomic mass is 10.1. The zero-order valence-electron chi connectivity index (χ0n) is 13.7. The lowest BCUT2D eigenvalue weighted by molar-refractivity contribution is 0.0506. The number of carbonyl (C=O) groups is 1. The molecule has 0 aliphatic rings. The van der Waals surface area contributed by atoms with E-state index in [9.17, 15) is 4.79 Å². The van der Waals surface area contributed by atoms with Crippen molar-refractivity contribution in [2.24, 2.45) is 12.8 Å². The van der Waals surface area contributed by atoms with Gasteiger partial charge in [-0.3, -0.25) is 0 Å². The van der Waals surface area contributed by atoms with Gasteiger partial charge in [0.1, 0.15) is 5.60 Å². The minimum absolute atomic E-state index is 0.152. The molecule has 0 fully saturated rings. The van der Waals surface area contributed by atoms with Gasteiger partial charge in [0, 0.05) is 36.7 Å². The van der Waals surface area contributed by atoms with Crippen molar-refractivity contribution in [3.63, 3.8) is 0 Å². The summed E-state index contributed by atoms with van der Waals surface area (Å²) >= 11 is 0. The third kappa shape index (κ3) is 4.01. The molecule has 5 heteroatoms. The zero-order valence-corrected chi connectivity index (χ0v) is 13.7. The molecule has 0 bridgehead atoms. The van der Waals surface area contributed by atoms with E-state index in [-0.39, 0.29) is 6.04 Å². The van der Waals surface area contributed by atoms with Crippen LogP contribution in [0.5, 0.6) is 0 Å². The highest BCUT2D eigenvalue weighted by molar-refractivity contribution is 5.84. The predicted molar refractivity (Wildman–Crippen MR) is 88.8 cm³/mol. The predicted octanol–water partition coefficient (Wildman–Crippen LogP) is 2.57. The SMILES string of the molecule is Cn1cc(CC(CN)NC(=O)OC(C)(C)C)c2ccccc21. The number of hydrogen-bond donors (Lipinski definition) is 2. The zero-order chi connectivity index (χ0) is 16.3. The fourth-order valence-electron chi connectivity index (χ4n) is 2.52. The molecule has 1 atom stereocenters. The summed E-state index contributed by atoms with van der Waals surface area (Å²) in [6, 6.07) is 8.06. The number of benzene rings is 1. The normalized spacial score (nSPS) is 13.1. The Hall–Kier alpha value is -2.01. The van der Waals surface area contributed by atoms with E-state index < -0.39 is 11.7 Å². The molecular weight excluding hydrogens is 278 g/mol. The van der Waals surface area contributed by atoms with Crippen LogP contribution >= 0.6 is 0 Å². The Kier molecular flexibility index (Phi) is 4.76. The molecule has 22 heavy (non-hydrogen) atoms. The third-order valence-electron chi connectivity index (χ3n) is 3.45. The molecule has 5 nitrogen and oxygen atoms in total. The van der Waals surface area contributed by atoms with Gasteiger partial charge in [-0.15, -0.1) is 0 Å². The molecule has 3 N–H and O–H groups in total. The maximum Gasteiger partial charge on any atom is 0.407 e. The lowest BCUT2D eigenvalue weighted by Gasteiger charge is -2.23. The van der Waals surface area contributed by atoms with Crippen LogP contribution in [0.15, 0.2) is 30.5 Å². The Bertz CT molecular complexity index is 655. The number of amides is 1. The molecule has 1 unspecified atom stereocenters. The van der Waals surface area contributed by atoms with E-state index in [0.29, 0.717) is 13.0 Å². The second-order valence-corrected chi connectivity index (χ2v) is 6.57. The number of aryl methyl sites for hydroxylation is 1. The first kappa shape index (κ1) is 16.4. The number of alkyl carbamates (subject to hydrolysis) is 1. The van der Waals surface area contributed by atoms with Crippen LogP contribution in [0, 0.1) is 0 Å². The van der Waals surface area contributed by atoms with Gasteiger partial charge in [0.25, 0.3) is 0 Å². The Morgan fingerprint density at radius 1 is 1.36 bits per heavy atom. The van der Waals surface area contributed by atoms with Crippen molar-refractivity contribution in [1.82, 2.24) is 9.88 Å². The van der Waals surface area contributed by atoms with E-state index in [1.807, 2.05) is 40.0 Å². The van der Waals surface area contributed by atoms with E-state index in [1.54, 1.807) is 0 Å². The van der Waals surface area contributed by atoms with Gasteiger partial charge in [-0.1, -0.05) is 18.2 Å². The van der Waals surface area contributed by atoms with E-state index in [0.717, 1.165) is 0 Å². The number of aromatic nitrogens is 1. The van der Waals surface area contributed by atoms with Gasteiger partial charge in [-0.25, -0.2) is 4.79 Å². The maximum absolute atomic E-state index is 11.9. The lowest BCUT2D eigenvalue weighted by Crippen LogP contribution is -2.44. The fraction of sp³-hybridized carbons (Fsp3) is 0.471. The third-order valence-corrected chi connectivity index (χ3v) is 3.45. The molecule has 1 aromatic heterocycles. The van der Waals surface area contributed by atoms with Crippen molar-refractivity contribution in [2.75, 3.05) is 6.54 Å². The summed E-state index contributed by atoms with van der Waals surface area (Å²) in [5.41, 5.74) is 7.64. The maximum atomic E-state index is 11.9. The number of fused-ring (bicyclic) bond motifs is 1. The van der Waals surface area contributed by atoms with Crippen molar-refractivity contribution >= 4 is 17.0 Å². The number of nitrogens with one attached hydrogen (secondary N) is 1. The second kappa shape index (κ2) is 6.40. The summed E-state index contributed by atoms with van der Waals surface area (Å²) in [6.45, 7) is 5.89. The van der Waals surface area contributed by atoms with E-state index in [1.165, 1.54) is 16.5 Å². The molecule has 0 aliphatic heterocycles. The standard InChI is InChI=1S/C17H25N3O2/c1-17(2,3)22-16(21)19-13(10-18)9-12-11-20(4)15-8-6-5-7-14(12)15/h5-8,11,13H,9-10,18H2,1-4H3,(H,19,21). The van der Waals surface area contributed by atoms with E-state index in [2.05, 4.69) is 28.2 Å². The molecule has 0 saturated carbocycles. The fourth-order valence-corrected chi connectivity index (χ4v) is 2.52. The molecule has 0 aliphatic carbocycles. The van der Waals surface area contributed by atoms with Crippen LogP contribution in [0.25, 0.3) is 10.9 Å². The van der Waals surface area contributed by atoms with Gasteiger partial charge in [0.05, 0.1) is 0 Å². The number of nitrogens with zero attached hydrogens (tertiary/aromatic N) is 1. The molecule has 120 valence electrons. The summed E-state index contributed by atoms with van der Waals surface area (Å²) in [7, 11) is 2.02. The van der Waals surface area contributed by atoms with Crippen LogP contribution in [0.4, 0.5) is 4.79 Å². The van der Waals surface area contributed by atoms with Crippen LogP contribution in [0.2, 0.25) is 0 Å². The summed E-state index contributed by atoms with van der Waals surface area (Å²) < 4.78 is 7.38. The monoisotopic (exact) mass is 303 g/mol. The average molecular weight is 303 g/mol. The molecule has 0 radical (unpaired) electrons.